The van der Waals surface area contributed by atoms with Gasteiger partial charge in [-0.25, -0.2) is 4.98 Å². The number of hydrogen-bond donors (Lipinski definition) is 1. The van der Waals surface area contributed by atoms with Gasteiger partial charge in [0.05, 0.1) is 17.8 Å². The number of nitrogens with one attached hydrogen (secondary N) is 1. The number of aryl methyl sites for hydroxylation is 3. The molecule has 2 saturated heterocycles. The second-order valence-electron chi connectivity index (χ2n) is 10.7. The van der Waals surface area contributed by atoms with Crippen molar-refractivity contribution in [2.24, 2.45) is 5.92 Å². The Kier molecular flexibility index (Phi) is 7.02. The molecule has 1 N–H and O–H groups in total. The largest absolute Gasteiger partial charge is 0.341 e. The first-order valence-electron chi connectivity index (χ1n) is 13.5. The minimum atomic E-state index is -0.214. The highest BCUT2D eigenvalue weighted by molar-refractivity contribution is 6.30. The predicted molar refractivity (Wildman–Crippen MR) is 145 cm³/mol. The van der Waals surface area contributed by atoms with E-state index in [1.165, 1.54) is 16.7 Å². The van der Waals surface area contributed by atoms with Crippen molar-refractivity contribution in [1.29, 1.82) is 0 Å². The highest BCUT2D eigenvalue weighted by Crippen LogP contribution is 2.37. The van der Waals surface area contributed by atoms with Gasteiger partial charge in [0.2, 0.25) is 5.91 Å². The molecule has 6 rings (SSSR count). The third kappa shape index (κ3) is 5.05. The molecule has 37 heavy (non-hydrogen) atoms. The zero-order valence-electron chi connectivity index (χ0n) is 21.4. The number of piperidine rings is 1. The molecule has 0 radical (unpaired) electrons. The Labute approximate surface area is 223 Å². The Morgan fingerprint density at radius 3 is 2.86 bits per heavy atom. The molecule has 194 valence electrons. The third-order valence-corrected chi connectivity index (χ3v) is 8.56. The average Bonchev–Trinajstić information content (AvgIpc) is 3.25. The van der Waals surface area contributed by atoms with Crippen LogP contribution in [0.3, 0.4) is 0 Å². The van der Waals surface area contributed by atoms with Gasteiger partial charge in [-0.2, -0.15) is 0 Å². The van der Waals surface area contributed by atoms with Gasteiger partial charge in [-0.15, -0.1) is 0 Å². The van der Waals surface area contributed by atoms with E-state index in [1.807, 2.05) is 37.6 Å². The van der Waals surface area contributed by atoms with Crippen LogP contribution in [-0.2, 0) is 24.2 Å². The van der Waals surface area contributed by atoms with Crippen LogP contribution in [0, 0.1) is 12.8 Å². The van der Waals surface area contributed by atoms with Gasteiger partial charge >= 0.3 is 0 Å². The number of pyridine rings is 1. The highest BCUT2D eigenvalue weighted by Gasteiger charge is 2.37. The monoisotopic (exact) mass is 518 g/mol. The topological polar surface area (TPSA) is 66.3 Å². The van der Waals surface area contributed by atoms with E-state index in [1.54, 1.807) is 0 Å². The van der Waals surface area contributed by atoms with Crippen LogP contribution in [0.5, 0.6) is 0 Å². The highest BCUT2D eigenvalue weighted by atomic mass is 35.5. The zero-order chi connectivity index (χ0) is 25.4. The van der Waals surface area contributed by atoms with Crippen LogP contribution in [0.2, 0.25) is 5.02 Å². The minimum Gasteiger partial charge on any atom is -0.341 e. The van der Waals surface area contributed by atoms with Crippen molar-refractivity contribution in [2.45, 2.75) is 51.2 Å². The number of nitrogens with zero attached hydrogens (tertiary/aromatic N) is 5. The Morgan fingerprint density at radius 2 is 2.00 bits per heavy atom. The maximum Gasteiger partial charge on any atom is 0.241 e. The number of imidazole rings is 1. The Balaban J connectivity index is 1.22. The molecule has 0 spiro atoms. The van der Waals surface area contributed by atoms with Crippen molar-refractivity contribution in [2.75, 3.05) is 32.7 Å². The molecule has 3 aromatic rings. The van der Waals surface area contributed by atoms with Crippen molar-refractivity contribution < 1.29 is 4.79 Å². The van der Waals surface area contributed by atoms with E-state index < -0.39 is 0 Å². The first-order chi connectivity index (χ1) is 18.1. The first-order valence-corrected chi connectivity index (χ1v) is 13.9. The lowest BCUT2D eigenvalue weighted by atomic mass is 9.94. The molecular weight excluding hydrogens is 484 g/mol. The lowest BCUT2D eigenvalue weighted by Crippen LogP contribution is -2.59. The summed E-state index contributed by atoms with van der Waals surface area (Å²) in [5.74, 6) is 1.72. The standard InChI is InChI=1S/C29H35ClN6O/c1-20-31-11-14-34(20)17-21-4-3-13-36(18-21)29(37)26-19-35(15-12-32-26)28-25-9-8-24(30)16-23(25)7-6-22-5-2-10-33-27(22)28/h2,5,8-11,14,16,21,26,28,32H,3-4,6-7,12-13,15,17-19H2,1H3/t21-,26-,28+/m1/s1. The smallest absolute Gasteiger partial charge is 0.241 e. The van der Waals surface area contributed by atoms with Gasteiger partial charge < -0.3 is 14.8 Å². The van der Waals surface area contributed by atoms with Gasteiger partial charge in [-0.1, -0.05) is 23.7 Å². The van der Waals surface area contributed by atoms with Gasteiger partial charge in [-0.05, 0) is 73.4 Å². The van der Waals surface area contributed by atoms with Crippen molar-refractivity contribution in [3.05, 3.63) is 82.2 Å². The summed E-state index contributed by atoms with van der Waals surface area (Å²) in [6.45, 7) is 6.93. The number of hydrogen-bond acceptors (Lipinski definition) is 5. The van der Waals surface area contributed by atoms with Crippen LogP contribution in [0.4, 0.5) is 0 Å². The summed E-state index contributed by atoms with van der Waals surface area (Å²) in [6, 6.07) is 10.3. The van der Waals surface area contributed by atoms with E-state index in [-0.39, 0.29) is 18.0 Å². The van der Waals surface area contributed by atoms with Crippen LogP contribution in [0.1, 0.15) is 47.1 Å². The molecule has 1 aliphatic carbocycles. The average molecular weight is 519 g/mol. The van der Waals surface area contributed by atoms with Crippen LogP contribution in [0.15, 0.2) is 48.9 Å². The van der Waals surface area contributed by atoms with E-state index in [2.05, 4.69) is 42.9 Å². The molecule has 0 bridgehead atoms. The second-order valence-corrected chi connectivity index (χ2v) is 11.2. The molecule has 1 amide bonds. The van der Waals surface area contributed by atoms with Crippen LogP contribution in [0.25, 0.3) is 0 Å². The van der Waals surface area contributed by atoms with Crippen LogP contribution >= 0.6 is 11.6 Å². The Hall–Kier alpha value is -2.74. The number of fused-ring (bicyclic) bond motifs is 2. The fourth-order valence-electron chi connectivity index (χ4n) is 6.43. The number of amides is 1. The van der Waals surface area contributed by atoms with Crippen molar-refractivity contribution >= 4 is 17.5 Å². The van der Waals surface area contributed by atoms with Crippen molar-refractivity contribution in [3.63, 3.8) is 0 Å². The number of benzene rings is 1. The van der Waals surface area contributed by atoms with Crippen molar-refractivity contribution in [3.8, 4) is 0 Å². The summed E-state index contributed by atoms with van der Waals surface area (Å²) >= 11 is 6.40. The summed E-state index contributed by atoms with van der Waals surface area (Å²) in [4.78, 5) is 27.6. The van der Waals surface area contributed by atoms with E-state index >= 15 is 0 Å². The molecule has 3 atom stereocenters. The maximum atomic E-state index is 13.8. The lowest BCUT2D eigenvalue weighted by molar-refractivity contribution is -0.136. The van der Waals surface area contributed by atoms with Crippen LogP contribution in [-0.4, -0.2) is 69.0 Å². The summed E-state index contributed by atoms with van der Waals surface area (Å²) in [5, 5.41) is 4.31. The Bertz CT molecular complexity index is 1270. The van der Waals surface area contributed by atoms with Crippen LogP contribution < -0.4 is 5.32 Å². The fourth-order valence-corrected chi connectivity index (χ4v) is 6.63. The SMILES string of the molecule is Cc1nccn1C[C@H]1CCCN(C(=O)[C@H]2CN([C@H]3c4ccc(Cl)cc4CCc4cccnc43)CCN2)C1. The van der Waals surface area contributed by atoms with Gasteiger partial charge in [0, 0.05) is 62.9 Å². The number of aromatic nitrogens is 3. The van der Waals surface area contributed by atoms with Gasteiger partial charge in [0.25, 0.3) is 0 Å². The summed E-state index contributed by atoms with van der Waals surface area (Å²) in [6.07, 6.45) is 9.89. The zero-order valence-corrected chi connectivity index (χ0v) is 22.2. The molecule has 4 heterocycles. The molecule has 0 saturated carbocycles. The summed E-state index contributed by atoms with van der Waals surface area (Å²) < 4.78 is 2.21. The molecule has 8 heteroatoms. The summed E-state index contributed by atoms with van der Waals surface area (Å²) in [7, 11) is 0. The van der Waals surface area contributed by atoms with Gasteiger partial charge in [0.1, 0.15) is 5.82 Å². The normalized spacial score (nSPS) is 24.3. The maximum absolute atomic E-state index is 13.8. The molecule has 1 aromatic carbocycles. The first kappa shape index (κ1) is 24.6. The van der Waals surface area contributed by atoms with E-state index in [0.29, 0.717) is 12.5 Å². The molecule has 3 aliphatic rings. The van der Waals surface area contributed by atoms with E-state index in [0.717, 1.165) is 74.9 Å². The summed E-state index contributed by atoms with van der Waals surface area (Å²) in [5.41, 5.74) is 4.95. The van der Waals surface area contributed by atoms with Gasteiger partial charge in [-0.3, -0.25) is 14.7 Å². The predicted octanol–water partition coefficient (Wildman–Crippen LogP) is 3.64. The number of carbonyl (C=O) groups excluding carboxylic acids is 1. The number of piperazine rings is 1. The lowest BCUT2D eigenvalue weighted by Gasteiger charge is -2.41. The Morgan fingerprint density at radius 1 is 1.11 bits per heavy atom. The number of carbonyl (C=O) groups is 1. The quantitative estimate of drug-likeness (QED) is 0.571. The molecule has 0 unspecified atom stereocenters. The molecule has 7 nitrogen and oxygen atoms in total. The molecule has 2 aromatic heterocycles. The molecular formula is C29H35ClN6O. The van der Waals surface area contributed by atoms with Crippen molar-refractivity contribution in [1.82, 2.24) is 29.7 Å². The number of rotatable bonds is 4. The third-order valence-electron chi connectivity index (χ3n) is 8.33. The molecule has 2 fully saturated rings. The molecule has 2 aliphatic heterocycles. The number of likely N-dealkylation sites (tertiary alicyclic amines) is 1. The minimum absolute atomic E-state index is 0.0293. The van der Waals surface area contributed by atoms with E-state index in [4.69, 9.17) is 16.6 Å². The van der Waals surface area contributed by atoms with E-state index in [9.17, 15) is 4.79 Å². The van der Waals surface area contributed by atoms with Gasteiger partial charge in [0.15, 0.2) is 0 Å². The fraction of sp³-hybridized carbons (Fsp3) is 0.483. The second kappa shape index (κ2) is 10.6. The number of halogens is 1.